The second-order valence-electron chi connectivity index (χ2n) is 0. The maximum absolute atomic E-state index is 0. The summed E-state index contributed by atoms with van der Waals surface area (Å²) in [6, 6.07) is 0. The molecule has 0 amide bonds. The minimum Gasteiger partial charge on any atom is -1.00 e. The third-order valence-electron chi connectivity index (χ3n) is 0. The monoisotopic (exact) mass is 4770 g/mol. The molecule has 110 heteroatoms. The van der Waals surface area contributed by atoms with Gasteiger partial charge in [0.25, 0.3) is 0 Å². The Balaban J connectivity index is 0. The van der Waals surface area contributed by atoms with E-state index in [4.69, 9.17) is 0 Å². The van der Waals surface area contributed by atoms with Gasteiger partial charge in [-0.15, -0.1) is 0 Å². The van der Waals surface area contributed by atoms with Gasteiger partial charge in [0.05, 0.1) is 0 Å². The molecule has 0 atom stereocenters. The summed E-state index contributed by atoms with van der Waals surface area (Å²) in [4.78, 5) is 0. The summed E-state index contributed by atoms with van der Waals surface area (Å²) in [6.07, 6.45) is 0. The van der Waals surface area contributed by atoms with Gasteiger partial charge in [-0.3, -0.25) is 0 Å². The van der Waals surface area contributed by atoms with Crippen molar-refractivity contribution in [3.63, 3.8) is 0 Å². The molecule has 0 unspecified atom stereocenters. The van der Waals surface area contributed by atoms with Crippen LogP contribution in [0.25, 0.3) is 0 Å². The number of hydrogen-bond acceptors (Lipinski definition) is 0. The summed E-state index contributed by atoms with van der Waals surface area (Å²) in [5, 5.41) is 0. The van der Waals surface area contributed by atoms with E-state index >= 15 is 0 Å². The van der Waals surface area contributed by atoms with Crippen LogP contribution in [0.1, 0.15) is 0 Å². The van der Waals surface area contributed by atoms with Crippen LogP contribution in [-0.4, -0.2) is 0 Å². The Kier molecular flexibility index (Phi) is 38500. The van der Waals surface area contributed by atoms with Crippen molar-refractivity contribution in [3.8, 4) is 0 Å². The van der Waals surface area contributed by atoms with Gasteiger partial charge in [0.2, 0.25) is 0 Å². The van der Waals surface area contributed by atoms with E-state index in [1.54, 1.807) is 0 Å². The average Bonchev–Trinajstić information content (AvgIpc) is 0. The Hall–Kier alpha value is 40.0. The molecule has 0 saturated heterocycles. The first-order valence-corrected chi connectivity index (χ1v) is 0. The molecular weight excluding hydrogens is 4830 g/mol. The van der Waals surface area contributed by atoms with Gasteiger partial charge in [0.15, 0.2) is 0 Å². The molecule has 110 heavy (non-hydrogen) atoms. The van der Waals surface area contributed by atoms with E-state index in [-0.39, 0.29) is 1530 Å². The van der Waals surface area contributed by atoms with Crippen molar-refractivity contribution >= 4 is 0 Å². The summed E-state index contributed by atoms with van der Waals surface area (Å²) in [6.45, 7) is 0. The quantitative estimate of drug-likeness (QED) is 0.212. The molecular formula is Cl70Ni40+10. The molecule has 0 N–H and O–H groups in total. The van der Waals surface area contributed by atoms with Crippen LogP contribution in [0.15, 0.2) is 0 Å². The summed E-state index contributed by atoms with van der Waals surface area (Å²) in [5.41, 5.74) is 0. The van der Waals surface area contributed by atoms with Crippen molar-refractivity contribution in [2.24, 2.45) is 0 Å². The van der Waals surface area contributed by atoms with E-state index in [1.807, 2.05) is 0 Å². The summed E-state index contributed by atoms with van der Waals surface area (Å²) < 4.78 is 0. The Morgan fingerprint density at radius 1 is 0.0182 bits per heavy atom. The Bertz CT molecular complexity index is 104. The van der Waals surface area contributed by atoms with Crippen LogP contribution in [0, 0.1) is 0 Å². The van der Waals surface area contributed by atoms with Crippen LogP contribution in [0.5, 0.6) is 0 Å². The van der Waals surface area contributed by atoms with E-state index in [9.17, 15) is 0 Å². The molecule has 0 radical (unpaired) electrons. The zero-order chi connectivity index (χ0) is 0. The van der Waals surface area contributed by atoms with Gasteiger partial charge < -0.3 is 868 Å². The molecule has 0 fully saturated rings. The van der Waals surface area contributed by atoms with E-state index in [0.29, 0.717) is 0 Å². The maximum atomic E-state index is 0. The minimum absolute atomic E-state index is 0. The van der Waals surface area contributed by atoms with Crippen LogP contribution >= 0.6 is 0 Å². The molecule has 0 aromatic carbocycles. The summed E-state index contributed by atoms with van der Waals surface area (Å²) >= 11 is 0. The molecule has 0 aliphatic rings. The van der Waals surface area contributed by atoms with E-state index < -0.39 is 0 Å². The van der Waals surface area contributed by atoms with Crippen LogP contribution in [0.3, 0.4) is 0 Å². The molecule has 0 aromatic rings. The van der Waals surface area contributed by atoms with E-state index in [2.05, 4.69) is 0 Å². The first-order valence-electron chi connectivity index (χ1n) is 0. The van der Waals surface area contributed by atoms with Crippen molar-refractivity contribution in [1.82, 2.24) is 0 Å². The molecule has 0 aliphatic heterocycles. The predicted molar refractivity (Wildman–Crippen MR) is 0 cm³/mol. The van der Waals surface area contributed by atoms with Gasteiger partial charge in [-0.05, 0) is 0 Å². The molecule has 880 valence electrons. The SMILES string of the molecule is [Cl-].[Cl-].[Cl-].[Cl-].[Cl-].[Cl-].[Cl-].[Cl-].[Cl-].[Cl-].[Cl-].[Cl-].[Cl-].[Cl-].[Cl-].[Cl-].[Cl-].[Cl-].[Cl-].[Cl-].[Cl-].[Cl-].[Cl-].[Cl-].[Cl-].[Cl-].[Cl-].[Cl-].[Cl-].[Cl-].[Cl-].[Cl-].[Cl-].[Cl-].[Cl-].[Cl-].[Cl-].[Cl-].[Cl-].[Cl-].[Cl-].[Cl-].[Cl-].[Cl-].[Cl-].[Cl-].[Cl-].[Cl-].[Cl-].[Cl-].[Cl-].[Cl-].[Cl-].[Cl-].[Cl-].[Cl-].[Cl-].[Cl-].[Cl-].[Cl-].[Cl-].[Cl-].[Cl-].[Cl-].[Cl-].[Cl-].[Cl-].[Cl-].[Cl-].[Cl-].[Ni+2].[Ni+2].[Ni+2].[Ni+2].[Ni+2].[Ni+2].[Ni+2].[Ni+2].[Ni+2].[Ni+2].[Ni+2].[Ni+2].[Ni+2].[Ni+2].[Ni+2].[Ni+2].[Ni+2].[Ni+2].[Ni+2].[Ni+2].[Ni+2].[Ni+2].[Ni+2].[Ni+2].[Ni+2].[Ni+2].[Ni+2].[Ni+2].[Ni+2].[Ni+2].[Ni+2].[Ni+2].[Ni+2].[Ni+2].[Ni+2].[Ni+2].[Ni+2].[Ni+2].[Ni+2].[Ni+2]. The van der Waals surface area contributed by atoms with Crippen molar-refractivity contribution in [2.45, 2.75) is 0 Å². The minimum atomic E-state index is 0. The molecule has 0 saturated carbocycles. The molecule has 0 aromatic heterocycles. The van der Waals surface area contributed by atoms with Crippen LogP contribution < -0.4 is 868 Å². The maximum Gasteiger partial charge on any atom is 2.00 e. The third-order valence-corrected chi connectivity index (χ3v) is 0. The molecule has 0 heterocycles. The topological polar surface area (TPSA) is 0 Å². The number of hydrogen-bond donors (Lipinski definition) is 0. The zero-order valence-electron chi connectivity index (χ0n) is 39.1. The van der Waals surface area contributed by atoms with Gasteiger partial charge in [-0.2, -0.15) is 0 Å². The smallest absolute Gasteiger partial charge is 1.00 e. The fourth-order valence-electron chi connectivity index (χ4n) is 0. The van der Waals surface area contributed by atoms with Crippen LogP contribution in [-0.2, 0) is 660 Å². The standard InChI is InChI=1S/70ClH.40Ni/h70*1H;;;;;;;;;;;;;;;;;;;;;;;;;;;;;;;;;;;;;;;;/q;;;;;;;;;;;;;;;;;;;;;;;;;;;;;;;;;;;;;;;;;;;;;;;;;;;;;;;;;;;;;;;;;;;;;;40*+2/p-70. The molecule has 0 nitrogen and oxygen atoms in total. The summed E-state index contributed by atoms with van der Waals surface area (Å²) in [5.74, 6) is 0. The van der Waals surface area contributed by atoms with Crippen molar-refractivity contribution in [2.75, 3.05) is 0 Å². The zero-order valence-corrected chi connectivity index (χ0v) is 132. The number of halogens is 70. The van der Waals surface area contributed by atoms with Crippen molar-refractivity contribution in [1.29, 1.82) is 0 Å². The van der Waals surface area contributed by atoms with Gasteiger partial charge >= 0.3 is 660 Å². The average molecular weight is 4830 g/mol. The summed E-state index contributed by atoms with van der Waals surface area (Å²) in [7, 11) is 0. The third kappa shape index (κ3) is 2000. The first-order chi connectivity index (χ1) is 0. The molecule has 0 spiro atoms. The Morgan fingerprint density at radius 2 is 0.0182 bits per heavy atom. The normalized spacial score (nSPS) is 0. The van der Waals surface area contributed by atoms with Gasteiger partial charge in [0.1, 0.15) is 0 Å². The fraction of sp³-hybridized carbons (Fsp3) is 0. The first kappa shape index (κ1) is 2080. The van der Waals surface area contributed by atoms with E-state index in [0.717, 1.165) is 0 Å². The van der Waals surface area contributed by atoms with Gasteiger partial charge in [-0.25, -0.2) is 0 Å². The van der Waals surface area contributed by atoms with Crippen molar-refractivity contribution < 1.29 is 1530 Å². The molecule has 0 aliphatic carbocycles. The second-order valence-corrected chi connectivity index (χ2v) is 0. The van der Waals surface area contributed by atoms with E-state index in [1.165, 1.54) is 0 Å². The van der Waals surface area contributed by atoms with Crippen LogP contribution in [0.4, 0.5) is 0 Å². The second kappa shape index (κ2) is 2040. The molecule has 0 bridgehead atoms. The Labute approximate surface area is 1490 Å². The Morgan fingerprint density at radius 3 is 0.0182 bits per heavy atom. The van der Waals surface area contributed by atoms with Gasteiger partial charge in [0, 0.05) is 0 Å². The fourth-order valence-corrected chi connectivity index (χ4v) is 0. The van der Waals surface area contributed by atoms with Crippen molar-refractivity contribution in [3.05, 3.63) is 0 Å². The largest absolute Gasteiger partial charge is 2.00 e. The molecule has 0 rings (SSSR count). The number of rotatable bonds is 0. The van der Waals surface area contributed by atoms with Gasteiger partial charge in [-0.1, -0.05) is 0 Å². The van der Waals surface area contributed by atoms with Crippen LogP contribution in [0.2, 0.25) is 0 Å². The predicted octanol–water partition coefficient (Wildman–Crippen LogP) is -210.